The lowest BCUT2D eigenvalue weighted by molar-refractivity contribution is -0.116. The van der Waals surface area contributed by atoms with Crippen LogP contribution in [-0.2, 0) is 4.79 Å². The molecule has 0 unspecified atom stereocenters. The van der Waals surface area contributed by atoms with Crippen LogP contribution in [0.2, 0.25) is 5.02 Å². The summed E-state index contributed by atoms with van der Waals surface area (Å²) in [6.07, 6.45) is 0. The lowest BCUT2D eigenvalue weighted by atomic mass is 10.2. The van der Waals surface area contributed by atoms with Gasteiger partial charge in [0.1, 0.15) is 11.0 Å². The zero-order valence-electron chi connectivity index (χ0n) is 12.1. The van der Waals surface area contributed by atoms with Crippen molar-refractivity contribution in [2.45, 2.75) is 19.9 Å². The van der Waals surface area contributed by atoms with Gasteiger partial charge < -0.3 is 16.4 Å². The van der Waals surface area contributed by atoms with E-state index in [1.807, 2.05) is 19.1 Å². The molecule has 2 amide bonds. The van der Waals surface area contributed by atoms with Crippen molar-refractivity contribution in [1.29, 1.82) is 0 Å². The zero-order valence-corrected chi connectivity index (χ0v) is 13.7. The number of thiophene rings is 1. The summed E-state index contributed by atoms with van der Waals surface area (Å²) in [5.74, 6) is -0.827. The number of hydrogen-bond donors (Lipinski definition) is 3. The Kier molecular flexibility index (Phi) is 5.05. The fraction of sp³-hybridized carbons (Fsp3) is 0.200. The van der Waals surface area contributed by atoms with Gasteiger partial charge in [0.2, 0.25) is 5.91 Å². The van der Waals surface area contributed by atoms with Gasteiger partial charge in [0.25, 0.3) is 5.91 Å². The van der Waals surface area contributed by atoms with E-state index in [-0.39, 0.29) is 5.91 Å². The smallest absolute Gasteiger partial charge is 0.251 e. The van der Waals surface area contributed by atoms with Gasteiger partial charge in [0, 0.05) is 10.7 Å². The second-order valence-corrected chi connectivity index (χ2v) is 6.12. The average molecular weight is 338 g/mol. The third-order valence-electron chi connectivity index (χ3n) is 3.20. The van der Waals surface area contributed by atoms with Crippen LogP contribution < -0.4 is 16.4 Å². The van der Waals surface area contributed by atoms with Crippen molar-refractivity contribution >= 4 is 45.4 Å². The number of halogens is 1. The number of carbonyl (C=O) groups excluding carboxylic acids is 2. The first-order valence-electron chi connectivity index (χ1n) is 6.60. The van der Waals surface area contributed by atoms with Crippen LogP contribution >= 0.6 is 22.9 Å². The molecule has 0 fully saturated rings. The highest BCUT2D eigenvalue weighted by Gasteiger charge is 2.18. The van der Waals surface area contributed by atoms with Crippen LogP contribution in [0.15, 0.2) is 29.6 Å². The molecule has 0 spiro atoms. The summed E-state index contributed by atoms with van der Waals surface area (Å²) < 4.78 is 0. The van der Waals surface area contributed by atoms with Crippen molar-refractivity contribution in [3.8, 4) is 0 Å². The first kappa shape index (κ1) is 16.3. The summed E-state index contributed by atoms with van der Waals surface area (Å²) in [5.41, 5.74) is 7.23. The number of nitrogens with one attached hydrogen (secondary N) is 2. The van der Waals surface area contributed by atoms with Crippen molar-refractivity contribution in [3.63, 3.8) is 0 Å². The van der Waals surface area contributed by atoms with E-state index in [4.69, 9.17) is 17.3 Å². The minimum atomic E-state index is -0.567. The maximum atomic E-state index is 12.2. The highest BCUT2D eigenvalue weighted by atomic mass is 35.5. The SMILES string of the molecule is Cc1c(Cl)cccc1N[C@H](C)C(=O)Nc1sccc1C(N)=O. The Balaban J connectivity index is 2.08. The molecule has 5 nitrogen and oxygen atoms in total. The molecule has 1 aromatic heterocycles. The van der Waals surface area contributed by atoms with Crippen molar-refractivity contribution in [1.82, 2.24) is 0 Å². The van der Waals surface area contributed by atoms with Crippen LogP contribution in [0.5, 0.6) is 0 Å². The molecule has 22 heavy (non-hydrogen) atoms. The molecular weight excluding hydrogens is 322 g/mol. The van der Waals surface area contributed by atoms with Crippen molar-refractivity contribution < 1.29 is 9.59 Å². The Morgan fingerprint density at radius 1 is 1.32 bits per heavy atom. The fourth-order valence-electron chi connectivity index (χ4n) is 1.88. The van der Waals surface area contributed by atoms with Gasteiger partial charge in [-0.1, -0.05) is 17.7 Å². The minimum absolute atomic E-state index is 0.260. The van der Waals surface area contributed by atoms with Gasteiger partial charge in [-0.05, 0) is 43.0 Å². The highest BCUT2D eigenvalue weighted by molar-refractivity contribution is 7.14. The largest absolute Gasteiger partial charge is 0.374 e. The van der Waals surface area contributed by atoms with E-state index >= 15 is 0 Å². The number of hydrogen-bond acceptors (Lipinski definition) is 4. The molecule has 1 aromatic carbocycles. The summed E-state index contributed by atoms with van der Waals surface area (Å²) in [4.78, 5) is 23.5. The number of rotatable bonds is 5. The van der Waals surface area contributed by atoms with Crippen LogP contribution in [0.1, 0.15) is 22.8 Å². The number of nitrogens with two attached hydrogens (primary N) is 1. The summed E-state index contributed by atoms with van der Waals surface area (Å²) in [6, 6.07) is 6.54. The molecule has 1 heterocycles. The average Bonchev–Trinajstić information content (AvgIpc) is 2.92. The summed E-state index contributed by atoms with van der Waals surface area (Å²) >= 11 is 7.31. The van der Waals surface area contributed by atoms with E-state index in [1.54, 1.807) is 24.4 Å². The predicted octanol–water partition coefficient (Wildman–Crippen LogP) is 3.25. The zero-order chi connectivity index (χ0) is 16.3. The molecule has 0 bridgehead atoms. The molecule has 2 rings (SSSR count). The van der Waals surface area contributed by atoms with Crippen LogP contribution in [0, 0.1) is 6.92 Å². The van der Waals surface area contributed by atoms with E-state index in [2.05, 4.69) is 10.6 Å². The standard InChI is InChI=1S/C15H16ClN3O2S/c1-8-11(16)4-3-5-12(8)18-9(2)14(21)19-15-10(13(17)20)6-7-22-15/h3-7,9,18H,1-2H3,(H2,17,20)(H,19,21)/t9-/m1/s1. The maximum Gasteiger partial charge on any atom is 0.251 e. The number of primary amides is 1. The van der Waals surface area contributed by atoms with Crippen LogP contribution in [0.25, 0.3) is 0 Å². The molecule has 1 atom stereocenters. The Morgan fingerprint density at radius 2 is 2.05 bits per heavy atom. The van der Waals surface area contributed by atoms with Gasteiger partial charge in [-0.3, -0.25) is 9.59 Å². The predicted molar refractivity (Wildman–Crippen MR) is 90.7 cm³/mol. The lowest BCUT2D eigenvalue weighted by Gasteiger charge is -2.17. The third-order valence-corrected chi connectivity index (χ3v) is 4.44. The second kappa shape index (κ2) is 6.81. The molecule has 0 saturated heterocycles. The fourth-order valence-corrected chi connectivity index (χ4v) is 2.85. The van der Waals surface area contributed by atoms with E-state index < -0.39 is 11.9 Å². The van der Waals surface area contributed by atoms with E-state index in [0.29, 0.717) is 15.6 Å². The number of amides is 2. The molecule has 4 N–H and O–H groups in total. The van der Waals surface area contributed by atoms with Gasteiger partial charge in [0.15, 0.2) is 0 Å². The van der Waals surface area contributed by atoms with Crippen LogP contribution in [-0.4, -0.2) is 17.9 Å². The molecule has 0 aliphatic rings. The first-order chi connectivity index (χ1) is 10.4. The van der Waals surface area contributed by atoms with Gasteiger partial charge in [-0.25, -0.2) is 0 Å². The number of anilines is 2. The number of benzene rings is 1. The highest BCUT2D eigenvalue weighted by Crippen LogP contribution is 2.25. The Labute approximate surface area is 137 Å². The number of carbonyl (C=O) groups is 2. The minimum Gasteiger partial charge on any atom is -0.374 e. The van der Waals surface area contributed by atoms with Crippen molar-refractivity contribution in [2.24, 2.45) is 5.73 Å². The van der Waals surface area contributed by atoms with Gasteiger partial charge in [-0.2, -0.15) is 0 Å². The van der Waals surface area contributed by atoms with Gasteiger partial charge in [0.05, 0.1) is 5.56 Å². The monoisotopic (exact) mass is 337 g/mol. The molecule has 116 valence electrons. The Hall–Kier alpha value is -2.05. The molecule has 7 heteroatoms. The Bertz CT molecular complexity index is 715. The topological polar surface area (TPSA) is 84.2 Å². The molecule has 0 aliphatic heterocycles. The van der Waals surface area contributed by atoms with Gasteiger partial charge in [-0.15, -0.1) is 11.3 Å². The van der Waals surface area contributed by atoms with Crippen LogP contribution in [0.3, 0.4) is 0 Å². The van der Waals surface area contributed by atoms with Crippen molar-refractivity contribution in [3.05, 3.63) is 45.8 Å². The van der Waals surface area contributed by atoms with E-state index in [0.717, 1.165) is 11.3 Å². The molecule has 0 radical (unpaired) electrons. The quantitative estimate of drug-likeness (QED) is 0.783. The Morgan fingerprint density at radius 3 is 2.73 bits per heavy atom. The third kappa shape index (κ3) is 3.58. The molecule has 0 saturated carbocycles. The summed E-state index contributed by atoms with van der Waals surface area (Å²) in [5, 5.41) is 8.60. The van der Waals surface area contributed by atoms with E-state index in [9.17, 15) is 9.59 Å². The molecular formula is C15H16ClN3O2S. The van der Waals surface area contributed by atoms with E-state index in [1.165, 1.54) is 11.3 Å². The summed E-state index contributed by atoms with van der Waals surface area (Å²) in [6.45, 7) is 3.60. The molecule has 0 aliphatic carbocycles. The maximum absolute atomic E-state index is 12.2. The second-order valence-electron chi connectivity index (χ2n) is 4.80. The molecule has 2 aromatic rings. The lowest BCUT2D eigenvalue weighted by Crippen LogP contribution is -2.32. The first-order valence-corrected chi connectivity index (χ1v) is 7.85. The van der Waals surface area contributed by atoms with Crippen molar-refractivity contribution in [2.75, 3.05) is 10.6 Å². The van der Waals surface area contributed by atoms with Crippen LogP contribution in [0.4, 0.5) is 10.7 Å². The van der Waals surface area contributed by atoms with Gasteiger partial charge >= 0.3 is 0 Å². The normalized spacial score (nSPS) is 11.8. The summed E-state index contributed by atoms with van der Waals surface area (Å²) in [7, 11) is 0.